The first-order valence-electron chi connectivity index (χ1n) is 5.46. The van der Waals surface area contributed by atoms with Gasteiger partial charge in [0.2, 0.25) is 0 Å². The summed E-state index contributed by atoms with van der Waals surface area (Å²) in [7, 11) is 0. The minimum Gasteiger partial charge on any atom is -0.452 e. The number of nitrogens with one attached hydrogen (secondary N) is 1. The van der Waals surface area contributed by atoms with Gasteiger partial charge in [-0.15, -0.1) is 0 Å². The molecule has 5 heteroatoms. The lowest BCUT2D eigenvalue weighted by Gasteiger charge is -2.03. The monoisotopic (exact) mass is 353 g/mol. The molecule has 0 bridgehead atoms. The van der Waals surface area contributed by atoms with Crippen molar-refractivity contribution in [3.63, 3.8) is 0 Å². The molecule has 1 aromatic heterocycles. The van der Waals surface area contributed by atoms with E-state index in [4.69, 9.17) is 9.15 Å². The van der Waals surface area contributed by atoms with Crippen LogP contribution in [0.5, 0.6) is 0 Å². The van der Waals surface area contributed by atoms with Crippen LogP contribution in [0.25, 0.3) is 0 Å². The number of hydrogen-bond acceptors (Lipinski definition) is 3. The summed E-state index contributed by atoms with van der Waals surface area (Å²) in [6, 6.07) is 1.95. The van der Waals surface area contributed by atoms with E-state index in [2.05, 4.69) is 44.1 Å². The number of ether oxygens (including phenoxy) is 1. The van der Waals surface area contributed by atoms with Crippen molar-refractivity contribution in [2.45, 2.75) is 26.3 Å². The Bertz CT molecular complexity index is 283. The predicted octanol–water partition coefficient (Wildman–Crippen LogP) is 3.71. The smallest absolute Gasteiger partial charge is 0.183 e. The van der Waals surface area contributed by atoms with Crippen LogP contribution >= 0.6 is 31.9 Å². The highest BCUT2D eigenvalue weighted by molar-refractivity contribution is 9.13. The van der Waals surface area contributed by atoms with Gasteiger partial charge in [0, 0.05) is 13.2 Å². The van der Waals surface area contributed by atoms with Crippen molar-refractivity contribution in [2.24, 2.45) is 0 Å². The second-order valence-corrected chi connectivity index (χ2v) is 5.05. The highest BCUT2D eigenvalue weighted by atomic mass is 79.9. The molecule has 0 aromatic carbocycles. The summed E-state index contributed by atoms with van der Waals surface area (Å²) in [5, 5.41) is 3.26. The van der Waals surface area contributed by atoms with Crippen molar-refractivity contribution in [1.29, 1.82) is 0 Å². The summed E-state index contributed by atoms with van der Waals surface area (Å²) in [5.74, 6) is 0.910. The Labute approximate surface area is 113 Å². The fourth-order valence-electron chi connectivity index (χ4n) is 1.18. The van der Waals surface area contributed by atoms with Crippen LogP contribution in [-0.2, 0) is 11.3 Å². The normalized spacial score (nSPS) is 10.9. The van der Waals surface area contributed by atoms with Crippen molar-refractivity contribution in [1.82, 2.24) is 5.32 Å². The van der Waals surface area contributed by atoms with E-state index in [1.54, 1.807) is 0 Å². The molecule has 1 N–H and O–H groups in total. The lowest BCUT2D eigenvalue weighted by atomic mass is 10.4. The first-order valence-corrected chi connectivity index (χ1v) is 7.04. The van der Waals surface area contributed by atoms with Gasteiger partial charge in [-0.05, 0) is 44.3 Å². The summed E-state index contributed by atoms with van der Waals surface area (Å²) in [4.78, 5) is 0. The molecule has 0 unspecified atom stereocenters. The molecule has 0 aliphatic carbocycles. The van der Waals surface area contributed by atoms with Gasteiger partial charge in [0.15, 0.2) is 4.67 Å². The minimum absolute atomic E-state index is 0.724. The predicted molar refractivity (Wildman–Crippen MR) is 71.5 cm³/mol. The minimum atomic E-state index is 0.724. The molecule has 0 aliphatic heterocycles. The van der Waals surface area contributed by atoms with E-state index in [-0.39, 0.29) is 0 Å². The van der Waals surface area contributed by atoms with Gasteiger partial charge in [-0.3, -0.25) is 0 Å². The highest BCUT2D eigenvalue weighted by Gasteiger charge is 2.04. The number of halogens is 2. The van der Waals surface area contributed by atoms with Gasteiger partial charge >= 0.3 is 0 Å². The molecule has 16 heavy (non-hydrogen) atoms. The fraction of sp³-hybridized carbons (Fsp3) is 0.636. The summed E-state index contributed by atoms with van der Waals surface area (Å²) < 4.78 is 12.5. The number of unbranched alkanes of at least 4 members (excludes halogenated alkanes) is 1. The average molecular weight is 355 g/mol. The molecule has 0 radical (unpaired) electrons. The Morgan fingerprint density at radius 1 is 1.38 bits per heavy atom. The first-order chi connectivity index (χ1) is 7.74. The number of furan rings is 1. The van der Waals surface area contributed by atoms with Gasteiger partial charge in [-0.25, -0.2) is 0 Å². The average Bonchev–Trinajstić information content (AvgIpc) is 2.57. The third-order valence-corrected chi connectivity index (χ3v) is 3.77. The lowest BCUT2D eigenvalue weighted by molar-refractivity contribution is 0.132. The molecule has 0 amide bonds. The molecule has 0 saturated heterocycles. The van der Waals surface area contributed by atoms with Crippen LogP contribution in [0, 0.1) is 0 Å². The van der Waals surface area contributed by atoms with E-state index in [0.29, 0.717) is 0 Å². The molecule has 92 valence electrons. The van der Waals surface area contributed by atoms with Gasteiger partial charge in [0.25, 0.3) is 0 Å². The molecule has 0 saturated carbocycles. The maximum atomic E-state index is 5.43. The molecule has 0 spiro atoms. The largest absolute Gasteiger partial charge is 0.452 e. The molecule has 0 aliphatic rings. The van der Waals surface area contributed by atoms with Gasteiger partial charge in [-0.1, -0.05) is 13.3 Å². The van der Waals surface area contributed by atoms with Gasteiger partial charge in [0.05, 0.1) is 17.6 Å². The molecule has 0 atom stereocenters. The molecular weight excluding hydrogens is 338 g/mol. The molecule has 3 nitrogen and oxygen atoms in total. The lowest BCUT2D eigenvalue weighted by Crippen LogP contribution is -2.19. The van der Waals surface area contributed by atoms with Crippen LogP contribution in [0.4, 0.5) is 0 Å². The maximum absolute atomic E-state index is 5.43. The van der Waals surface area contributed by atoms with Crippen LogP contribution in [-0.4, -0.2) is 19.8 Å². The van der Waals surface area contributed by atoms with E-state index < -0.39 is 0 Å². The van der Waals surface area contributed by atoms with E-state index >= 15 is 0 Å². The van der Waals surface area contributed by atoms with Crippen molar-refractivity contribution < 1.29 is 9.15 Å². The SMILES string of the molecule is CCCCOCCNCc1cc(Br)c(Br)o1. The zero-order chi connectivity index (χ0) is 11.8. The Balaban J connectivity index is 2.03. The van der Waals surface area contributed by atoms with E-state index in [9.17, 15) is 0 Å². The zero-order valence-electron chi connectivity index (χ0n) is 9.39. The van der Waals surface area contributed by atoms with Crippen LogP contribution in [0.15, 0.2) is 19.6 Å². The van der Waals surface area contributed by atoms with Crippen LogP contribution in [0.1, 0.15) is 25.5 Å². The van der Waals surface area contributed by atoms with Crippen molar-refractivity contribution >= 4 is 31.9 Å². The molecule has 1 heterocycles. The highest BCUT2D eigenvalue weighted by Crippen LogP contribution is 2.26. The van der Waals surface area contributed by atoms with Gasteiger partial charge < -0.3 is 14.5 Å². The number of rotatable bonds is 8. The standard InChI is InChI=1S/C11H17Br2NO2/c1-2-3-5-15-6-4-14-8-9-7-10(12)11(13)16-9/h7,14H,2-6,8H2,1H3. The summed E-state index contributed by atoms with van der Waals surface area (Å²) in [6.07, 6.45) is 2.32. The van der Waals surface area contributed by atoms with Crippen LogP contribution in [0.3, 0.4) is 0 Å². The maximum Gasteiger partial charge on any atom is 0.183 e. The van der Waals surface area contributed by atoms with Crippen molar-refractivity contribution in [3.05, 3.63) is 21.0 Å². The molecule has 1 aromatic rings. The van der Waals surface area contributed by atoms with Crippen LogP contribution < -0.4 is 5.32 Å². The van der Waals surface area contributed by atoms with E-state index in [0.717, 1.165) is 47.6 Å². The summed E-state index contributed by atoms with van der Waals surface area (Å²) >= 11 is 6.68. The zero-order valence-corrected chi connectivity index (χ0v) is 12.6. The molecular formula is C11H17Br2NO2. The van der Waals surface area contributed by atoms with Crippen molar-refractivity contribution in [2.75, 3.05) is 19.8 Å². The second kappa shape index (κ2) is 8.28. The fourth-order valence-corrected chi connectivity index (χ4v) is 1.84. The topological polar surface area (TPSA) is 34.4 Å². The van der Waals surface area contributed by atoms with Gasteiger partial charge in [0.1, 0.15) is 5.76 Å². The third kappa shape index (κ3) is 5.48. The third-order valence-electron chi connectivity index (χ3n) is 2.06. The molecule has 1 rings (SSSR count). The Morgan fingerprint density at radius 2 is 2.19 bits per heavy atom. The Morgan fingerprint density at radius 3 is 2.81 bits per heavy atom. The van der Waals surface area contributed by atoms with Gasteiger partial charge in [-0.2, -0.15) is 0 Å². The Kier molecular flexibility index (Phi) is 7.36. The Hall–Kier alpha value is 0.160. The molecule has 0 fully saturated rings. The number of hydrogen-bond donors (Lipinski definition) is 1. The quantitative estimate of drug-likeness (QED) is 0.722. The summed E-state index contributed by atoms with van der Waals surface area (Å²) in [5.41, 5.74) is 0. The van der Waals surface area contributed by atoms with Crippen molar-refractivity contribution in [3.8, 4) is 0 Å². The first kappa shape index (κ1) is 14.2. The van der Waals surface area contributed by atoms with Crippen LogP contribution in [0.2, 0.25) is 0 Å². The van der Waals surface area contributed by atoms with E-state index in [1.807, 2.05) is 6.07 Å². The summed E-state index contributed by atoms with van der Waals surface area (Å²) in [6.45, 7) is 5.34. The van der Waals surface area contributed by atoms with E-state index in [1.165, 1.54) is 6.42 Å². The second-order valence-electron chi connectivity index (χ2n) is 3.48.